The highest BCUT2D eigenvalue weighted by atomic mass is 35.5. The van der Waals surface area contributed by atoms with Crippen LogP contribution >= 0.6 is 23.4 Å². The highest BCUT2D eigenvalue weighted by Crippen LogP contribution is 2.27. The summed E-state index contributed by atoms with van der Waals surface area (Å²) in [6, 6.07) is 0. The molecule has 0 atom stereocenters. The molecule has 2 heterocycles. The number of aromatic nitrogens is 6. The van der Waals surface area contributed by atoms with Gasteiger partial charge in [-0.05, 0) is 17.4 Å². The van der Waals surface area contributed by atoms with Crippen LogP contribution in [0.15, 0.2) is 5.16 Å². The molecule has 8 nitrogen and oxygen atoms in total. The first-order valence-corrected chi connectivity index (χ1v) is 7.03. The standard InChI is InChI=1S/C10H13ClN6O2S/c1-6-7(9(11)16(2)13-6)5-20-10-12-14-15-17(10)4-8(18)19-3/h4-5H2,1-3H3. The van der Waals surface area contributed by atoms with Gasteiger partial charge in [0.05, 0.1) is 12.8 Å². The summed E-state index contributed by atoms with van der Waals surface area (Å²) < 4.78 is 7.58. The smallest absolute Gasteiger partial charge is 0.327 e. The van der Waals surface area contributed by atoms with Crippen molar-refractivity contribution in [3.8, 4) is 0 Å². The van der Waals surface area contributed by atoms with Gasteiger partial charge in [-0.1, -0.05) is 23.4 Å². The molecule has 0 fully saturated rings. The van der Waals surface area contributed by atoms with Gasteiger partial charge in [0.25, 0.3) is 0 Å². The maximum Gasteiger partial charge on any atom is 0.327 e. The number of halogens is 1. The minimum Gasteiger partial charge on any atom is -0.468 e. The molecule has 0 unspecified atom stereocenters. The Labute approximate surface area is 124 Å². The molecule has 2 aromatic rings. The van der Waals surface area contributed by atoms with Gasteiger partial charge in [0, 0.05) is 18.4 Å². The number of tetrazole rings is 1. The number of carbonyl (C=O) groups is 1. The van der Waals surface area contributed by atoms with Crippen LogP contribution < -0.4 is 0 Å². The summed E-state index contributed by atoms with van der Waals surface area (Å²) in [5.41, 5.74) is 1.78. The molecule has 0 saturated heterocycles. The Hall–Kier alpha value is -1.61. The summed E-state index contributed by atoms with van der Waals surface area (Å²) in [7, 11) is 3.10. The van der Waals surface area contributed by atoms with Crippen LogP contribution in [0.3, 0.4) is 0 Å². The zero-order chi connectivity index (χ0) is 14.7. The number of methoxy groups -OCH3 is 1. The number of hydrogen-bond donors (Lipinski definition) is 0. The molecule has 0 aromatic carbocycles. The fourth-order valence-electron chi connectivity index (χ4n) is 1.56. The van der Waals surface area contributed by atoms with E-state index in [9.17, 15) is 4.79 Å². The van der Waals surface area contributed by atoms with Gasteiger partial charge in [-0.25, -0.2) is 4.68 Å². The Morgan fingerprint density at radius 3 is 2.85 bits per heavy atom. The molecule has 2 rings (SSSR count). The molecule has 10 heteroatoms. The zero-order valence-corrected chi connectivity index (χ0v) is 12.8. The highest BCUT2D eigenvalue weighted by molar-refractivity contribution is 7.98. The second-order valence-electron chi connectivity index (χ2n) is 3.96. The van der Waals surface area contributed by atoms with Gasteiger partial charge in [0.1, 0.15) is 11.7 Å². The summed E-state index contributed by atoms with van der Waals surface area (Å²) in [6.45, 7) is 1.87. The molecule has 0 radical (unpaired) electrons. The van der Waals surface area contributed by atoms with Crippen LogP contribution in [-0.4, -0.2) is 43.1 Å². The second kappa shape index (κ2) is 6.23. The van der Waals surface area contributed by atoms with E-state index in [2.05, 4.69) is 25.4 Å². The molecule has 0 N–H and O–H groups in total. The molecule has 0 spiro atoms. The number of carbonyl (C=O) groups excluding carboxylic acids is 1. The molecule has 108 valence electrons. The van der Waals surface area contributed by atoms with E-state index < -0.39 is 5.97 Å². The van der Waals surface area contributed by atoms with Crippen LogP contribution in [0.4, 0.5) is 0 Å². The highest BCUT2D eigenvalue weighted by Gasteiger charge is 2.15. The van der Waals surface area contributed by atoms with Gasteiger partial charge < -0.3 is 4.74 Å². The van der Waals surface area contributed by atoms with Gasteiger partial charge in [0.2, 0.25) is 5.16 Å². The number of thioether (sulfide) groups is 1. The van der Waals surface area contributed by atoms with Gasteiger partial charge in [-0.3, -0.25) is 9.48 Å². The maximum absolute atomic E-state index is 11.2. The van der Waals surface area contributed by atoms with E-state index in [1.807, 2.05) is 6.92 Å². The van der Waals surface area contributed by atoms with Crippen LogP contribution in [0.1, 0.15) is 11.3 Å². The third kappa shape index (κ3) is 3.10. The van der Waals surface area contributed by atoms with Crippen LogP contribution in [0, 0.1) is 6.92 Å². The van der Waals surface area contributed by atoms with Crippen molar-refractivity contribution < 1.29 is 9.53 Å². The molecule has 2 aromatic heterocycles. The number of esters is 1. The van der Waals surface area contributed by atoms with E-state index in [0.717, 1.165) is 11.3 Å². The Morgan fingerprint density at radius 2 is 2.25 bits per heavy atom. The van der Waals surface area contributed by atoms with Crippen molar-refractivity contribution in [2.45, 2.75) is 24.4 Å². The monoisotopic (exact) mass is 316 g/mol. The summed E-state index contributed by atoms with van der Waals surface area (Å²) in [5, 5.41) is 16.5. The van der Waals surface area contributed by atoms with Crippen LogP contribution in [0.25, 0.3) is 0 Å². The number of aryl methyl sites for hydroxylation is 2. The lowest BCUT2D eigenvalue weighted by Crippen LogP contribution is -2.13. The van der Waals surface area contributed by atoms with E-state index in [-0.39, 0.29) is 6.54 Å². The lowest BCUT2D eigenvalue weighted by Gasteiger charge is -2.03. The van der Waals surface area contributed by atoms with Crippen molar-refractivity contribution in [1.82, 2.24) is 30.0 Å². The van der Waals surface area contributed by atoms with E-state index in [4.69, 9.17) is 11.6 Å². The van der Waals surface area contributed by atoms with E-state index in [1.165, 1.54) is 23.6 Å². The molecule has 0 saturated carbocycles. The first-order chi connectivity index (χ1) is 9.52. The molecule has 0 amide bonds. The Kier molecular flexibility index (Phi) is 4.61. The Morgan fingerprint density at radius 1 is 1.50 bits per heavy atom. The number of hydrogen-bond acceptors (Lipinski definition) is 7. The van der Waals surface area contributed by atoms with Crippen molar-refractivity contribution in [3.63, 3.8) is 0 Å². The minimum atomic E-state index is -0.408. The van der Waals surface area contributed by atoms with E-state index in [1.54, 1.807) is 11.7 Å². The third-order valence-corrected chi connectivity index (χ3v) is 4.08. The van der Waals surface area contributed by atoms with Crippen LogP contribution in [-0.2, 0) is 28.9 Å². The Balaban J connectivity index is 2.08. The summed E-state index contributed by atoms with van der Waals surface area (Å²) in [6.07, 6.45) is 0. The minimum absolute atomic E-state index is 0.0222. The molecule has 0 bridgehead atoms. The zero-order valence-electron chi connectivity index (χ0n) is 11.2. The predicted molar refractivity (Wildman–Crippen MR) is 72.3 cm³/mol. The first kappa shape index (κ1) is 14.8. The van der Waals surface area contributed by atoms with Gasteiger partial charge in [-0.15, -0.1) is 5.10 Å². The number of ether oxygens (including phenoxy) is 1. The maximum atomic E-state index is 11.2. The van der Waals surface area contributed by atoms with Gasteiger partial charge in [-0.2, -0.15) is 5.10 Å². The van der Waals surface area contributed by atoms with Crippen molar-refractivity contribution in [3.05, 3.63) is 16.4 Å². The molecular weight excluding hydrogens is 304 g/mol. The Bertz CT molecular complexity index is 625. The topological polar surface area (TPSA) is 87.7 Å². The largest absolute Gasteiger partial charge is 0.468 e. The SMILES string of the molecule is COC(=O)Cn1nnnc1SCc1c(C)nn(C)c1Cl. The normalized spacial score (nSPS) is 10.8. The summed E-state index contributed by atoms with van der Waals surface area (Å²) in [5.74, 6) is 0.162. The van der Waals surface area contributed by atoms with Crippen molar-refractivity contribution >= 4 is 29.3 Å². The van der Waals surface area contributed by atoms with Crippen molar-refractivity contribution in [2.75, 3.05) is 7.11 Å². The third-order valence-electron chi connectivity index (χ3n) is 2.62. The fraction of sp³-hybridized carbons (Fsp3) is 0.500. The second-order valence-corrected chi connectivity index (χ2v) is 5.26. The fourth-order valence-corrected chi connectivity index (χ4v) is 2.84. The lowest BCUT2D eigenvalue weighted by atomic mass is 10.3. The number of rotatable bonds is 5. The van der Waals surface area contributed by atoms with Gasteiger partial charge in [0.15, 0.2) is 0 Å². The van der Waals surface area contributed by atoms with E-state index in [0.29, 0.717) is 16.1 Å². The lowest BCUT2D eigenvalue weighted by molar-refractivity contribution is -0.141. The van der Waals surface area contributed by atoms with Crippen LogP contribution in [0.5, 0.6) is 0 Å². The van der Waals surface area contributed by atoms with E-state index >= 15 is 0 Å². The molecule has 0 aliphatic carbocycles. The average molecular weight is 317 g/mol. The predicted octanol–water partition coefficient (Wildman–Crippen LogP) is 0.834. The van der Waals surface area contributed by atoms with Gasteiger partial charge >= 0.3 is 5.97 Å². The van der Waals surface area contributed by atoms with Crippen LogP contribution in [0.2, 0.25) is 5.15 Å². The van der Waals surface area contributed by atoms with Crippen molar-refractivity contribution in [1.29, 1.82) is 0 Å². The quantitative estimate of drug-likeness (QED) is 0.596. The number of nitrogens with zero attached hydrogens (tertiary/aromatic N) is 6. The average Bonchev–Trinajstić information content (AvgIpc) is 2.94. The molecule has 20 heavy (non-hydrogen) atoms. The summed E-state index contributed by atoms with van der Waals surface area (Å²) in [4.78, 5) is 11.2. The molecular formula is C10H13ClN6O2S. The molecule has 0 aliphatic rings. The first-order valence-electron chi connectivity index (χ1n) is 5.66. The summed E-state index contributed by atoms with van der Waals surface area (Å²) >= 11 is 7.54. The van der Waals surface area contributed by atoms with Crippen molar-refractivity contribution in [2.24, 2.45) is 7.05 Å². The molecule has 0 aliphatic heterocycles.